The van der Waals surface area contributed by atoms with Gasteiger partial charge in [-0.3, -0.25) is 0 Å². The average molecular weight is 895 g/mol. The van der Waals surface area contributed by atoms with Crippen molar-refractivity contribution in [2.24, 2.45) is 0 Å². The van der Waals surface area contributed by atoms with Crippen LogP contribution in [0.2, 0.25) is 0 Å². The molecular weight excluding hydrogens is 822 g/mol. The van der Waals surface area contributed by atoms with E-state index in [1.54, 1.807) is 0 Å². The predicted molar refractivity (Wildman–Crippen MR) is 298 cm³/mol. The smallest absolute Gasteiger partial charge is 0.252 e. The molecular formula is C64H72B2O2. The van der Waals surface area contributed by atoms with Gasteiger partial charge in [-0.15, -0.1) is 0 Å². The van der Waals surface area contributed by atoms with E-state index in [0.717, 1.165) is 23.0 Å². The maximum atomic E-state index is 7.42. The van der Waals surface area contributed by atoms with Crippen molar-refractivity contribution < 1.29 is 9.47 Å². The number of fused-ring (bicyclic) bond motifs is 6. The summed E-state index contributed by atoms with van der Waals surface area (Å²) in [5.41, 5.74) is 19.5. The molecule has 0 spiro atoms. The summed E-state index contributed by atoms with van der Waals surface area (Å²) in [6.07, 6.45) is 0. The van der Waals surface area contributed by atoms with E-state index in [1.165, 1.54) is 110 Å². The Morgan fingerprint density at radius 3 is 0.926 bits per heavy atom. The minimum Gasteiger partial charge on any atom is -0.458 e. The maximum absolute atomic E-state index is 7.42. The number of hydrogen-bond acceptors (Lipinski definition) is 2. The van der Waals surface area contributed by atoms with Crippen LogP contribution in [0.25, 0.3) is 32.3 Å². The quantitative estimate of drug-likeness (QED) is 0.101. The Morgan fingerprint density at radius 1 is 0.324 bits per heavy atom. The molecule has 0 aromatic heterocycles. The van der Waals surface area contributed by atoms with Crippen molar-refractivity contribution in [1.82, 2.24) is 0 Å². The molecule has 0 amide bonds. The monoisotopic (exact) mass is 895 g/mol. The first-order chi connectivity index (χ1) is 32.4. The van der Waals surface area contributed by atoms with Crippen molar-refractivity contribution in [3.8, 4) is 23.0 Å². The largest absolute Gasteiger partial charge is 0.458 e. The molecule has 0 radical (unpaired) electrons. The van der Waals surface area contributed by atoms with Gasteiger partial charge in [-0.05, 0) is 149 Å². The number of rotatable bonds is 10. The van der Waals surface area contributed by atoms with Gasteiger partial charge in [-0.25, -0.2) is 0 Å². The zero-order valence-corrected chi connectivity index (χ0v) is 43.8. The van der Waals surface area contributed by atoms with Gasteiger partial charge in [0.05, 0.1) is 0 Å². The van der Waals surface area contributed by atoms with Crippen LogP contribution in [0.4, 0.5) is 0 Å². The number of para-hydroxylation sites is 2. The zero-order chi connectivity index (χ0) is 48.4. The fourth-order valence-electron chi connectivity index (χ4n) is 12.6. The van der Waals surface area contributed by atoms with Crippen molar-refractivity contribution in [3.05, 3.63) is 142 Å². The Kier molecular flexibility index (Phi) is 11.7. The fraction of sp³-hybridized carbons (Fsp3) is 0.375. The summed E-state index contributed by atoms with van der Waals surface area (Å²) in [7, 11) is 0. The Balaban J connectivity index is 1.35. The topological polar surface area (TPSA) is 18.5 Å². The predicted octanol–water partition coefficient (Wildman–Crippen LogP) is 14.8. The summed E-state index contributed by atoms with van der Waals surface area (Å²) >= 11 is 0. The number of hydrogen-bond donors (Lipinski definition) is 0. The highest BCUT2D eigenvalue weighted by molar-refractivity contribution is 6.99. The average Bonchev–Trinajstić information content (AvgIpc) is 3.30. The summed E-state index contributed by atoms with van der Waals surface area (Å²) in [4.78, 5) is 0. The highest BCUT2D eigenvalue weighted by Crippen LogP contribution is 2.49. The van der Waals surface area contributed by atoms with E-state index in [9.17, 15) is 0 Å². The highest BCUT2D eigenvalue weighted by atomic mass is 16.5. The van der Waals surface area contributed by atoms with Gasteiger partial charge in [0.15, 0.2) is 0 Å². The van der Waals surface area contributed by atoms with Crippen molar-refractivity contribution in [1.29, 1.82) is 0 Å². The first kappa shape index (κ1) is 46.3. The lowest BCUT2D eigenvalue weighted by atomic mass is 9.32. The third kappa shape index (κ3) is 7.04. The van der Waals surface area contributed by atoms with E-state index in [4.69, 9.17) is 9.47 Å². The number of benzene rings is 8. The molecule has 8 aromatic carbocycles. The molecule has 4 heteroatoms. The molecule has 8 aromatic rings. The summed E-state index contributed by atoms with van der Waals surface area (Å²) in [6.45, 7) is 38.0. The summed E-state index contributed by atoms with van der Waals surface area (Å²) < 4.78 is 14.8. The summed E-state index contributed by atoms with van der Waals surface area (Å²) in [5, 5.41) is 7.60. The van der Waals surface area contributed by atoms with E-state index in [2.05, 4.69) is 208 Å². The molecule has 2 heterocycles. The molecule has 0 N–H and O–H groups in total. The van der Waals surface area contributed by atoms with E-state index in [1.807, 2.05) is 0 Å². The Hall–Kier alpha value is -5.47. The molecule has 68 heavy (non-hydrogen) atoms. The molecule has 0 fully saturated rings. The SMILES string of the molecule is CC(C)c1cc(C(C)C)c(B2c3ccccc3Oc3c2c(C(C)C)c2ccc4c5c(c(C(C)C)c6ccc3c2c46)B(c2c(C(C)C)cc(C(C)C)cc2C(C)C)c2ccccc2O5)c(C(C)C)c1. The van der Waals surface area contributed by atoms with Crippen LogP contribution in [0.5, 0.6) is 23.0 Å². The number of ether oxygens (including phenoxy) is 2. The minimum absolute atomic E-state index is 0.0113. The maximum Gasteiger partial charge on any atom is 0.252 e. The van der Waals surface area contributed by atoms with Gasteiger partial charge in [0.25, 0.3) is 13.4 Å². The Labute approximate surface area is 408 Å². The second kappa shape index (κ2) is 17.2. The molecule has 0 aliphatic carbocycles. The summed E-state index contributed by atoms with van der Waals surface area (Å²) in [5.74, 6) is 6.68. The van der Waals surface area contributed by atoms with Crippen molar-refractivity contribution >= 4 is 78.5 Å². The van der Waals surface area contributed by atoms with Crippen LogP contribution in [0.1, 0.15) is 203 Å². The van der Waals surface area contributed by atoms with Crippen LogP contribution in [0.15, 0.2) is 97.1 Å². The molecule has 10 rings (SSSR count). The van der Waals surface area contributed by atoms with E-state index in [0.29, 0.717) is 35.5 Å². The van der Waals surface area contributed by atoms with Crippen molar-refractivity contribution in [3.63, 3.8) is 0 Å². The zero-order valence-electron chi connectivity index (χ0n) is 43.8. The molecule has 0 bridgehead atoms. The fourth-order valence-corrected chi connectivity index (χ4v) is 12.6. The second-order valence-corrected chi connectivity index (χ2v) is 23.0. The van der Waals surface area contributed by atoms with E-state index >= 15 is 0 Å². The van der Waals surface area contributed by atoms with E-state index in [-0.39, 0.29) is 25.3 Å². The van der Waals surface area contributed by atoms with Crippen LogP contribution in [-0.4, -0.2) is 13.4 Å². The third-order valence-corrected chi connectivity index (χ3v) is 15.8. The van der Waals surface area contributed by atoms with Gasteiger partial charge in [0, 0.05) is 21.5 Å². The lowest BCUT2D eigenvalue weighted by Crippen LogP contribution is -2.58. The van der Waals surface area contributed by atoms with Gasteiger partial charge in [0.2, 0.25) is 0 Å². The first-order valence-corrected chi connectivity index (χ1v) is 26.1. The van der Waals surface area contributed by atoms with Gasteiger partial charge >= 0.3 is 0 Å². The van der Waals surface area contributed by atoms with Gasteiger partial charge in [-0.2, -0.15) is 0 Å². The molecule has 2 aliphatic heterocycles. The molecule has 0 atom stereocenters. The Morgan fingerprint density at radius 2 is 0.632 bits per heavy atom. The van der Waals surface area contributed by atoms with Crippen molar-refractivity contribution in [2.75, 3.05) is 0 Å². The van der Waals surface area contributed by atoms with Crippen LogP contribution < -0.4 is 42.3 Å². The second-order valence-electron chi connectivity index (χ2n) is 23.0. The lowest BCUT2D eigenvalue weighted by molar-refractivity contribution is 0.492. The van der Waals surface area contributed by atoms with E-state index < -0.39 is 0 Å². The minimum atomic E-state index is 0.0113. The Bertz CT molecular complexity index is 2990. The highest BCUT2D eigenvalue weighted by Gasteiger charge is 2.43. The molecule has 346 valence electrons. The van der Waals surface area contributed by atoms with Crippen LogP contribution in [0, 0.1) is 0 Å². The normalized spacial score (nSPS) is 13.6. The molecule has 0 unspecified atom stereocenters. The molecule has 0 saturated heterocycles. The van der Waals surface area contributed by atoms with Gasteiger partial charge in [0.1, 0.15) is 23.0 Å². The molecule has 2 aliphatic rings. The molecule has 2 nitrogen and oxygen atoms in total. The van der Waals surface area contributed by atoms with Crippen LogP contribution in [0.3, 0.4) is 0 Å². The third-order valence-electron chi connectivity index (χ3n) is 15.8. The van der Waals surface area contributed by atoms with Crippen molar-refractivity contribution in [2.45, 2.75) is 158 Å². The first-order valence-electron chi connectivity index (χ1n) is 26.1. The standard InChI is InChI=1S/C64H72B2O2/c1-33(2)41-29-47(35(5)6)59(48(30-41)36(7)8)65-51-21-17-19-23-53(51)67-63-45-27-26-44-56(40(15)16)62-64(46-28-25-43(57(45)58(44)46)55(39(13)14)61(63)65)68-54-24-20-18-22-52(54)66(62)60-49(37(9)10)31-42(34(3)4)32-50(60)38(11)12/h17-40H,1-16H3. The van der Waals surface area contributed by atoms with Gasteiger partial charge in [-0.1, -0.05) is 195 Å². The van der Waals surface area contributed by atoms with Crippen LogP contribution in [-0.2, 0) is 0 Å². The van der Waals surface area contributed by atoms with Crippen LogP contribution >= 0.6 is 0 Å². The molecule has 0 saturated carbocycles. The lowest BCUT2D eigenvalue weighted by Gasteiger charge is -2.37. The van der Waals surface area contributed by atoms with Gasteiger partial charge < -0.3 is 9.47 Å². The summed E-state index contributed by atoms with van der Waals surface area (Å²) in [6, 6.07) is 37.7.